The van der Waals surface area contributed by atoms with E-state index in [1.807, 2.05) is 0 Å². The van der Waals surface area contributed by atoms with E-state index in [1.54, 1.807) is 13.8 Å². The summed E-state index contributed by atoms with van der Waals surface area (Å²) in [5.41, 5.74) is -1.63. The summed E-state index contributed by atoms with van der Waals surface area (Å²) in [7, 11) is 0. The average molecular weight is 368 g/mol. The van der Waals surface area contributed by atoms with Crippen LogP contribution in [0.4, 0.5) is 10.1 Å². The van der Waals surface area contributed by atoms with Crippen molar-refractivity contribution in [3.63, 3.8) is 0 Å². The SMILES string of the molecule is CC1(C)[C@@H]2CC[C@@]1(C(=O)Nc1ccc(F)cc1Br)C(=O)C2=O. The van der Waals surface area contributed by atoms with E-state index in [2.05, 4.69) is 21.2 Å². The number of rotatable bonds is 2. The first kappa shape index (κ1) is 15.3. The Hall–Kier alpha value is -1.56. The third-order valence-electron chi connectivity index (χ3n) is 5.27. The van der Waals surface area contributed by atoms with Crippen LogP contribution in [-0.4, -0.2) is 17.5 Å². The Bertz CT molecular complexity index is 715. The van der Waals surface area contributed by atoms with Crippen molar-refractivity contribution in [2.75, 3.05) is 5.32 Å². The van der Waals surface area contributed by atoms with E-state index < -0.39 is 34.1 Å². The predicted molar refractivity (Wildman–Crippen MR) is 81.7 cm³/mol. The molecule has 2 fully saturated rings. The summed E-state index contributed by atoms with van der Waals surface area (Å²) >= 11 is 3.18. The second kappa shape index (κ2) is 4.72. The first-order valence-electron chi connectivity index (χ1n) is 7.07. The maximum Gasteiger partial charge on any atom is 0.239 e. The Kier molecular flexibility index (Phi) is 3.29. The fourth-order valence-corrected chi connectivity index (χ4v) is 4.35. The zero-order valence-electron chi connectivity index (χ0n) is 12.2. The highest BCUT2D eigenvalue weighted by atomic mass is 79.9. The minimum atomic E-state index is -1.32. The van der Waals surface area contributed by atoms with E-state index in [0.29, 0.717) is 23.0 Å². The van der Waals surface area contributed by atoms with Gasteiger partial charge in [0, 0.05) is 10.4 Å². The Morgan fingerprint density at radius 2 is 2.05 bits per heavy atom. The molecule has 0 spiro atoms. The van der Waals surface area contributed by atoms with Crippen molar-refractivity contribution in [1.29, 1.82) is 0 Å². The van der Waals surface area contributed by atoms with Crippen molar-refractivity contribution in [3.05, 3.63) is 28.5 Å². The van der Waals surface area contributed by atoms with Crippen LogP contribution in [0.2, 0.25) is 0 Å². The molecular weight excluding hydrogens is 353 g/mol. The summed E-state index contributed by atoms with van der Waals surface area (Å²) in [6.07, 6.45) is 0.926. The van der Waals surface area contributed by atoms with Crippen LogP contribution in [0.15, 0.2) is 22.7 Å². The van der Waals surface area contributed by atoms with Gasteiger partial charge in [-0.1, -0.05) is 13.8 Å². The smallest absolute Gasteiger partial charge is 0.239 e. The number of nitrogens with one attached hydrogen (secondary N) is 1. The molecule has 0 unspecified atom stereocenters. The second-order valence-corrected chi connectivity index (χ2v) is 7.34. The number of benzene rings is 1. The average Bonchev–Trinajstić information content (AvgIpc) is 2.78. The Balaban J connectivity index is 1.98. The van der Waals surface area contributed by atoms with Crippen LogP contribution in [-0.2, 0) is 14.4 Å². The molecule has 0 aliphatic heterocycles. The van der Waals surface area contributed by atoms with Crippen LogP contribution >= 0.6 is 15.9 Å². The maximum atomic E-state index is 13.1. The molecule has 2 atom stereocenters. The first-order valence-corrected chi connectivity index (χ1v) is 7.86. The van der Waals surface area contributed by atoms with Gasteiger partial charge in [-0.15, -0.1) is 0 Å². The lowest BCUT2D eigenvalue weighted by molar-refractivity contribution is -0.147. The molecule has 2 saturated carbocycles. The number of hydrogen-bond acceptors (Lipinski definition) is 3. The molecular formula is C16H15BrFNO3. The zero-order chi connectivity index (χ0) is 16.3. The number of ketones is 2. The van der Waals surface area contributed by atoms with Crippen LogP contribution in [0.1, 0.15) is 26.7 Å². The Labute approximate surface area is 135 Å². The Morgan fingerprint density at radius 1 is 1.36 bits per heavy atom. The van der Waals surface area contributed by atoms with Gasteiger partial charge in [0.05, 0.1) is 5.69 Å². The highest BCUT2D eigenvalue weighted by molar-refractivity contribution is 9.10. The molecule has 1 amide bonds. The molecule has 1 aromatic rings. The standard InChI is InChI=1S/C16H15BrFNO3/c1-15(2)9-5-6-16(15,13(21)12(9)20)14(22)19-11-4-3-8(18)7-10(11)17/h3-4,7,9H,5-6H2,1-2H3,(H,19,22)/t9-,16+/m1/s1. The second-order valence-electron chi connectivity index (χ2n) is 6.49. The fraction of sp³-hybridized carbons (Fsp3) is 0.438. The van der Waals surface area contributed by atoms with Crippen molar-refractivity contribution in [2.24, 2.45) is 16.7 Å². The van der Waals surface area contributed by atoms with E-state index in [0.717, 1.165) is 0 Å². The van der Waals surface area contributed by atoms with Crippen molar-refractivity contribution in [2.45, 2.75) is 26.7 Å². The van der Waals surface area contributed by atoms with Crippen molar-refractivity contribution in [1.82, 2.24) is 0 Å². The van der Waals surface area contributed by atoms with Gasteiger partial charge in [0.2, 0.25) is 17.5 Å². The number of hydrogen-bond donors (Lipinski definition) is 1. The highest BCUT2D eigenvalue weighted by Gasteiger charge is 2.72. The maximum absolute atomic E-state index is 13.1. The summed E-state index contributed by atoms with van der Waals surface area (Å²) < 4.78 is 13.5. The summed E-state index contributed by atoms with van der Waals surface area (Å²) in [5, 5.41) is 2.68. The van der Waals surface area contributed by atoms with Gasteiger partial charge in [-0.05, 0) is 52.4 Å². The molecule has 22 heavy (non-hydrogen) atoms. The third kappa shape index (κ3) is 1.76. The lowest BCUT2D eigenvalue weighted by atomic mass is 9.68. The molecule has 1 aromatic carbocycles. The predicted octanol–water partition coefficient (Wildman–Crippen LogP) is 3.10. The monoisotopic (exact) mass is 367 g/mol. The summed E-state index contributed by atoms with van der Waals surface area (Å²) in [6, 6.07) is 3.88. The number of anilines is 1. The number of carbonyl (C=O) groups is 3. The molecule has 3 rings (SSSR count). The quantitative estimate of drug-likeness (QED) is 0.645. The molecule has 1 N–H and O–H groups in total. The largest absolute Gasteiger partial charge is 0.324 e. The number of Topliss-reactive ketones (excluding diaryl/α,β-unsaturated/α-hetero) is 2. The van der Waals surface area contributed by atoms with Gasteiger partial charge >= 0.3 is 0 Å². The van der Waals surface area contributed by atoms with Gasteiger partial charge in [-0.25, -0.2) is 4.39 Å². The third-order valence-corrected chi connectivity index (χ3v) is 5.93. The molecule has 2 bridgehead atoms. The summed E-state index contributed by atoms with van der Waals surface area (Å²) in [6.45, 7) is 3.60. The number of amides is 1. The highest BCUT2D eigenvalue weighted by Crippen LogP contribution is 2.62. The fourth-order valence-electron chi connectivity index (χ4n) is 3.90. The number of halogens is 2. The summed E-state index contributed by atoms with van der Waals surface area (Å²) in [4.78, 5) is 37.3. The van der Waals surface area contributed by atoms with Crippen molar-refractivity contribution < 1.29 is 18.8 Å². The first-order chi connectivity index (χ1) is 10.2. The molecule has 0 saturated heterocycles. The molecule has 116 valence electrons. The van der Waals surface area contributed by atoms with E-state index in [-0.39, 0.29) is 5.92 Å². The van der Waals surface area contributed by atoms with E-state index >= 15 is 0 Å². The van der Waals surface area contributed by atoms with Gasteiger partial charge < -0.3 is 5.32 Å². The van der Waals surface area contributed by atoms with Crippen LogP contribution in [0, 0.1) is 22.6 Å². The van der Waals surface area contributed by atoms with Crippen LogP contribution < -0.4 is 5.32 Å². The topological polar surface area (TPSA) is 63.2 Å². The molecule has 4 nitrogen and oxygen atoms in total. The Morgan fingerprint density at radius 3 is 2.59 bits per heavy atom. The lowest BCUT2D eigenvalue weighted by Gasteiger charge is -2.33. The van der Waals surface area contributed by atoms with Gasteiger partial charge in [0.15, 0.2) is 0 Å². The van der Waals surface area contributed by atoms with E-state index in [9.17, 15) is 18.8 Å². The molecule has 2 aliphatic rings. The molecule has 6 heteroatoms. The minimum absolute atomic E-state index is 0.375. The van der Waals surface area contributed by atoms with Gasteiger partial charge in [-0.3, -0.25) is 14.4 Å². The molecule has 2 aliphatic carbocycles. The molecule has 0 radical (unpaired) electrons. The normalized spacial score (nSPS) is 29.0. The zero-order valence-corrected chi connectivity index (χ0v) is 13.8. The number of carbonyl (C=O) groups excluding carboxylic acids is 3. The molecule has 0 heterocycles. The van der Waals surface area contributed by atoms with Crippen LogP contribution in [0.25, 0.3) is 0 Å². The lowest BCUT2D eigenvalue weighted by Crippen LogP contribution is -2.47. The van der Waals surface area contributed by atoms with Crippen molar-refractivity contribution >= 4 is 39.1 Å². The number of fused-ring (bicyclic) bond motifs is 2. The minimum Gasteiger partial charge on any atom is -0.324 e. The van der Waals surface area contributed by atoms with Crippen LogP contribution in [0.3, 0.4) is 0 Å². The van der Waals surface area contributed by atoms with E-state index in [1.165, 1.54) is 18.2 Å². The summed E-state index contributed by atoms with van der Waals surface area (Å²) in [5.74, 6) is -2.34. The molecule has 0 aromatic heterocycles. The van der Waals surface area contributed by atoms with E-state index in [4.69, 9.17) is 0 Å². The van der Waals surface area contributed by atoms with Gasteiger partial charge in [0.1, 0.15) is 11.2 Å². The van der Waals surface area contributed by atoms with Gasteiger partial charge in [0.25, 0.3) is 0 Å². The van der Waals surface area contributed by atoms with Gasteiger partial charge in [-0.2, -0.15) is 0 Å². The van der Waals surface area contributed by atoms with Crippen LogP contribution in [0.5, 0.6) is 0 Å². The van der Waals surface area contributed by atoms with Crippen molar-refractivity contribution in [3.8, 4) is 0 Å².